The highest BCUT2D eigenvalue weighted by Crippen LogP contribution is 2.13. The topological polar surface area (TPSA) is 84.5 Å². The first-order chi connectivity index (χ1) is 13.8. The molecule has 0 aliphatic rings. The Bertz CT molecular complexity index is 890. The Morgan fingerprint density at radius 1 is 1.00 bits per heavy atom. The summed E-state index contributed by atoms with van der Waals surface area (Å²) in [6.07, 6.45) is 0.222. The number of hydrogen-bond donors (Lipinski definition) is 2. The van der Waals surface area contributed by atoms with Crippen LogP contribution in [-0.4, -0.2) is 37.0 Å². The highest BCUT2D eigenvalue weighted by atomic mass is 35.5. The minimum absolute atomic E-state index is 0.0637. The Balaban J connectivity index is 2.17. The third-order valence-corrected chi connectivity index (χ3v) is 4.39. The van der Waals surface area contributed by atoms with Crippen molar-refractivity contribution in [2.24, 2.45) is 0 Å². The van der Waals surface area contributed by atoms with Crippen LogP contribution < -0.4 is 10.6 Å². The van der Waals surface area contributed by atoms with Crippen molar-refractivity contribution >= 4 is 29.4 Å². The first-order valence-corrected chi connectivity index (χ1v) is 9.30. The first kappa shape index (κ1) is 22.4. The fourth-order valence-corrected chi connectivity index (χ4v) is 3.07. The second-order valence-corrected chi connectivity index (χ2v) is 6.94. The molecule has 2 N–H and O–H groups in total. The van der Waals surface area contributed by atoms with Gasteiger partial charge >= 0.3 is 5.97 Å². The lowest BCUT2D eigenvalue weighted by Gasteiger charge is -2.22. The zero-order valence-corrected chi connectivity index (χ0v) is 16.8. The highest BCUT2D eigenvalue weighted by molar-refractivity contribution is 6.30. The van der Waals surface area contributed by atoms with Crippen LogP contribution in [0, 0.1) is 5.82 Å². The Hall–Kier alpha value is -2.93. The van der Waals surface area contributed by atoms with E-state index in [0.29, 0.717) is 10.6 Å². The quantitative estimate of drug-likeness (QED) is 0.642. The normalized spacial score (nSPS) is 12.6. The van der Waals surface area contributed by atoms with Crippen molar-refractivity contribution in [3.8, 4) is 0 Å². The second-order valence-electron chi connectivity index (χ2n) is 6.51. The molecule has 2 amide bonds. The summed E-state index contributed by atoms with van der Waals surface area (Å²) in [7, 11) is 1.22. The SMILES string of the molecule is COC(=O)[C@@H](Cc1cccc(Cl)c1)NC(=O)[C@H](Cc1cccc(F)c1)NC(C)=O. The van der Waals surface area contributed by atoms with Gasteiger partial charge in [-0.3, -0.25) is 9.59 Å². The standard InChI is InChI=1S/C21H22ClFN2O4/c1-13(26)24-18(11-15-6-4-8-17(23)10-15)20(27)25-19(21(28)29-2)12-14-5-3-7-16(22)9-14/h3-10,18-19H,11-12H2,1-2H3,(H,24,26)(H,25,27)/t18-,19+/m0/s1. The second kappa shape index (κ2) is 10.6. The molecule has 6 nitrogen and oxygen atoms in total. The molecule has 2 aromatic rings. The van der Waals surface area contributed by atoms with Gasteiger partial charge in [-0.25, -0.2) is 9.18 Å². The number of halogens is 2. The van der Waals surface area contributed by atoms with Crippen LogP contribution in [0.2, 0.25) is 5.02 Å². The summed E-state index contributed by atoms with van der Waals surface area (Å²) >= 11 is 5.98. The summed E-state index contributed by atoms with van der Waals surface area (Å²) in [5.41, 5.74) is 1.26. The molecular formula is C21H22ClFN2O4. The number of ether oxygens (including phenoxy) is 1. The Labute approximate surface area is 173 Å². The zero-order chi connectivity index (χ0) is 21.4. The average molecular weight is 421 g/mol. The van der Waals surface area contributed by atoms with Gasteiger partial charge in [-0.15, -0.1) is 0 Å². The number of methoxy groups -OCH3 is 1. The van der Waals surface area contributed by atoms with Crippen LogP contribution in [0.15, 0.2) is 48.5 Å². The summed E-state index contributed by atoms with van der Waals surface area (Å²) < 4.78 is 18.2. The average Bonchev–Trinajstić information content (AvgIpc) is 2.66. The van der Waals surface area contributed by atoms with Gasteiger partial charge in [0.05, 0.1) is 7.11 Å². The molecule has 8 heteroatoms. The Morgan fingerprint density at radius 3 is 2.21 bits per heavy atom. The van der Waals surface area contributed by atoms with Crippen LogP contribution >= 0.6 is 11.6 Å². The first-order valence-electron chi connectivity index (χ1n) is 8.92. The Kier molecular flexibility index (Phi) is 8.15. The van der Waals surface area contributed by atoms with Gasteiger partial charge in [-0.1, -0.05) is 35.9 Å². The number of nitrogens with one attached hydrogen (secondary N) is 2. The predicted octanol–water partition coefficient (Wildman–Crippen LogP) is 2.43. The smallest absolute Gasteiger partial charge is 0.328 e. The Morgan fingerprint density at radius 2 is 1.62 bits per heavy atom. The van der Waals surface area contributed by atoms with E-state index in [-0.39, 0.29) is 12.8 Å². The molecule has 0 radical (unpaired) electrons. The molecule has 2 aromatic carbocycles. The number of esters is 1. The molecule has 2 rings (SSSR count). The van der Waals surface area contributed by atoms with E-state index in [1.807, 2.05) is 0 Å². The van der Waals surface area contributed by atoms with E-state index in [4.69, 9.17) is 16.3 Å². The number of benzene rings is 2. The summed E-state index contributed by atoms with van der Waals surface area (Å²) in [5, 5.41) is 5.65. The van der Waals surface area contributed by atoms with Crippen molar-refractivity contribution < 1.29 is 23.5 Å². The van der Waals surface area contributed by atoms with Gasteiger partial charge in [0.15, 0.2) is 0 Å². The number of carbonyl (C=O) groups is 3. The number of rotatable bonds is 8. The zero-order valence-electron chi connectivity index (χ0n) is 16.1. The van der Waals surface area contributed by atoms with Crippen molar-refractivity contribution in [3.63, 3.8) is 0 Å². The van der Waals surface area contributed by atoms with E-state index in [1.165, 1.54) is 32.2 Å². The lowest BCUT2D eigenvalue weighted by Crippen LogP contribution is -2.53. The molecule has 0 bridgehead atoms. The van der Waals surface area contributed by atoms with Crippen molar-refractivity contribution in [1.29, 1.82) is 0 Å². The van der Waals surface area contributed by atoms with Crippen LogP contribution in [0.5, 0.6) is 0 Å². The largest absolute Gasteiger partial charge is 0.467 e. The molecule has 0 unspecified atom stereocenters. The van der Waals surface area contributed by atoms with Crippen LogP contribution in [-0.2, 0) is 32.0 Å². The van der Waals surface area contributed by atoms with E-state index in [0.717, 1.165) is 5.56 Å². The van der Waals surface area contributed by atoms with Crippen molar-refractivity contribution in [2.75, 3.05) is 7.11 Å². The molecule has 0 aliphatic carbocycles. The summed E-state index contributed by atoms with van der Waals surface area (Å²) in [6, 6.07) is 10.7. The highest BCUT2D eigenvalue weighted by Gasteiger charge is 2.27. The molecule has 2 atom stereocenters. The summed E-state index contributed by atoms with van der Waals surface area (Å²) in [6.45, 7) is 1.27. The van der Waals surface area contributed by atoms with Crippen LogP contribution in [0.1, 0.15) is 18.1 Å². The van der Waals surface area contributed by atoms with Crippen LogP contribution in [0.3, 0.4) is 0 Å². The van der Waals surface area contributed by atoms with Gasteiger partial charge < -0.3 is 15.4 Å². The van der Waals surface area contributed by atoms with Crippen molar-refractivity contribution in [1.82, 2.24) is 10.6 Å². The molecule has 154 valence electrons. The summed E-state index contributed by atoms with van der Waals surface area (Å²) in [5.74, 6) is -2.09. The molecule has 0 fully saturated rings. The van der Waals surface area contributed by atoms with E-state index in [1.54, 1.807) is 30.3 Å². The fourth-order valence-electron chi connectivity index (χ4n) is 2.86. The van der Waals surface area contributed by atoms with Crippen LogP contribution in [0.4, 0.5) is 4.39 Å². The van der Waals surface area contributed by atoms with Crippen molar-refractivity contribution in [3.05, 3.63) is 70.5 Å². The maximum Gasteiger partial charge on any atom is 0.328 e. The third kappa shape index (κ3) is 7.19. The van der Waals surface area contributed by atoms with E-state index < -0.39 is 35.7 Å². The molecule has 0 heterocycles. The van der Waals surface area contributed by atoms with Crippen molar-refractivity contribution in [2.45, 2.75) is 31.8 Å². The molecule has 29 heavy (non-hydrogen) atoms. The van der Waals surface area contributed by atoms with Gasteiger partial charge in [-0.2, -0.15) is 0 Å². The monoisotopic (exact) mass is 420 g/mol. The maximum absolute atomic E-state index is 13.5. The minimum Gasteiger partial charge on any atom is -0.467 e. The van der Waals surface area contributed by atoms with Gasteiger partial charge in [0.25, 0.3) is 0 Å². The van der Waals surface area contributed by atoms with Gasteiger partial charge in [0.1, 0.15) is 17.9 Å². The molecular weight excluding hydrogens is 399 g/mol. The molecule has 0 saturated heterocycles. The van der Waals surface area contributed by atoms with Crippen LogP contribution in [0.25, 0.3) is 0 Å². The van der Waals surface area contributed by atoms with E-state index in [2.05, 4.69) is 10.6 Å². The van der Waals surface area contributed by atoms with Gasteiger partial charge in [-0.05, 0) is 35.4 Å². The number of amides is 2. The number of carbonyl (C=O) groups excluding carboxylic acids is 3. The lowest BCUT2D eigenvalue weighted by molar-refractivity contribution is -0.145. The fraction of sp³-hybridized carbons (Fsp3) is 0.286. The molecule has 0 saturated carbocycles. The number of hydrogen-bond acceptors (Lipinski definition) is 4. The lowest BCUT2D eigenvalue weighted by atomic mass is 10.0. The molecule has 0 spiro atoms. The van der Waals surface area contributed by atoms with E-state index in [9.17, 15) is 18.8 Å². The maximum atomic E-state index is 13.5. The van der Waals surface area contributed by atoms with Gasteiger partial charge in [0.2, 0.25) is 11.8 Å². The summed E-state index contributed by atoms with van der Waals surface area (Å²) in [4.78, 5) is 36.5. The minimum atomic E-state index is -0.985. The van der Waals surface area contributed by atoms with E-state index >= 15 is 0 Å². The third-order valence-electron chi connectivity index (χ3n) is 4.15. The molecule has 0 aromatic heterocycles. The van der Waals surface area contributed by atoms with Gasteiger partial charge in [0, 0.05) is 24.8 Å². The predicted molar refractivity (Wildman–Crippen MR) is 107 cm³/mol. The molecule has 0 aliphatic heterocycles.